The summed E-state index contributed by atoms with van der Waals surface area (Å²) in [6, 6.07) is 0. The van der Waals surface area contributed by atoms with E-state index in [0.717, 1.165) is 5.01 Å². The Morgan fingerprint density at radius 2 is 2.32 bits per heavy atom. The van der Waals surface area contributed by atoms with Crippen LogP contribution in [0, 0.1) is 0 Å². The second kappa shape index (κ2) is 5.85. The molecule has 0 aliphatic heterocycles. The molecule has 0 saturated carbocycles. The van der Waals surface area contributed by atoms with Crippen LogP contribution in [0.3, 0.4) is 0 Å². The van der Waals surface area contributed by atoms with Crippen molar-refractivity contribution < 1.29 is 9.90 Å². The van der Waals surface area contributed by atoms with E-state index in [-0.39, 0.29) is 25.0 Å². The summed E-state index contributed by atoms with van der Waals surface area (Å²) in [7, 11) is 0. The van der Waals surface area contributed by atoms with Crippen molar-refractivity contribution in [3.8, 4) is 0 Å². The molecule has 0 aromatic carbocycles. The fourth-order valence-corrected chi connectivity index (χ4v) is 2.11. The van der Waals surface area contributed by atoms with Crippen molar-refractivity contribution >= 4 is 22.4 Å². The normalized spacial score (nSPS) is 10.9. The molecule has 1 amide bonds. The highest BCUT2D eigenvalue weighted by Crippen LogP contribution is 2.22. The van der Waals surface area contributed by atoms with Gasteiger partial charge in [-0.05, 0) is 0 Å². The van der Waals surface area contributed by atoms with E-state index in [1.807, 2.05) is 13.8 Å². The van der Waals surface area contributed by atoms with Gasteiger partial charge in [0.15, 0.2) is 0 Å². The molecule has 2 heterocycles. The molecular formula is C10H14N6O2S. The zero-order valence-electron chi connectivity index (χ0n) is 10.6. The quantitative estimate of drug-likeness (QED) is 0.821. The van der Waals surface area contributed by atoms with E-state index in [4.69, 9.17) is 5.11 Å². The number of aliphatic hydroxyl groups excluding tert-OH is 1. The lowest BCUT2D eigenvalue weighted by Crippen LogP contribution is -2.20. The number of carbonyl (C=O) groups excluding carboxylic acids is 1. The van der Waals surface area contributed by atoms with Crippen molar-refractivity contribution in [3.63, 3.8) is 0 Å². The molecule has 0 saturated heterocycles. The molecule has 0 aliphatic carbocycles. The van der Waals surface area contributed by atoms with E-state index in [0.29, 0.717) is 10.8 Å². The number of nitrogens with one attached hydrogen (secondary N) is 1. The largest absolute Gasteiger partial charge is 0.390 e. The third kappa shape index (κ3) is 3.32. The number of carbonyl (C=O) groups is 1. The standard InChI is InChI=1S/C10H14N6O2S/c1-6(2)9-13-14-10(19-9)12-8(18)4-16-7(5-17)3-11-15-16/h3,6,17H,4-5H2,1-2H3,(H,12,14,18). The van der Waals surface area contributed by atoms with E-state index in [9.17, 15) is 4.79 Å². The number of amides is 1. The summed E-state index contributed by atoms with van der Waals surface area (Å²) in [5.74, 6) is -0.00823. The highest BCUT2D eigenvalue weighted by atomic mass is 32.1. The van der Waals surface area contributed by atoms with Gasteiger partial charge in [-0.3, -0.25) is 10.1 Å². The predicted molar refractivity (Wildman–Crippen MR) is 68.6 cm³/mol. The summed E-state index contributed by atoms with van der Waals surface area (Å²) in [6.07, 6.45) is 1.41. The molecule has 0 fully saturated rings. The summed E-state index contributed by atoms with van der Waals surface area (Å²) < 4.78 is 1.33. The fourth-order valence-electron chi connectivity index (χ4n) is 1.35. The molecule has 19 heavy (non-hydrogen) atoms. The van der Waals surface area contributed by atoms with Crippen LogP contribution < -0.4 is 5.32 Å². The average molecular weight is 282 g/mol. The topological polar surface area (TPSA) is 106 Å². The van der Waals surface area contributed by atoms with Gasteiger partial charge in [0.05, 0.1) is 18.5 Å². The monoisotopic (exact) mass is 282 g/mol. The van der Waals surface area contributed by atoms with Crippen LogP contribution in [-0.4, -0.2) is 36.2 Å². The highest BCUT2D eigenvalue weighted by molar-refractivity contribution is 7.15. The maximum absolute atomic E-state index is 11.8. The first kappa shape index (κ1) is 13.6. The Bertz CT molecular complexity index is 564. The number of aromatic nitrogens is 5. The van der Waals surface area contributed by atoms with E-state index in [1.165, 1.54) is 22.2 Å². The number of aliphatic hydroxyl groups is 1. The number of hydrogen-bond donors (Lipinski definition) is 2. The minimum atomic E-state index is -0.286. The van der Waals surface area contributed by atoms with Crippen LogP contribution in [0.15, 0.2) is 6.20 Å². The zero-order valence-corrected chi connectivity index (χ0v) is 11.4. The number of hydrogen-bond acceptors (Lipinski definition) is 7. The van der Waals surface area contributed by atoms with Crippen LogP contribution in [0.25, 0.3) is 0 Å². The average Bonchev–Trinajstić information content (AvgIpc) is 2.97. The molecule has 0 bridgehead atoms. The van der Waals surface area contributed by atoms with Crippen LogP contribution in [0.5, 0.6) is 0 Å². The molecule has 8 nitrogen and oxygen atoms in total. The summed E-state index contributed by atoms with van der Waals surface area (Å²) in [5.41, 5.74) is 0.482. The van der Waals surface area contributed by atoms with Crippen LogP contribution >= 0.6 is 11.3 Å². The van der Waals surface area contributed by atoms with Crippen LogP contribution in [-0.2, 0) is 17.9 Å². The SMILES string of the molecule is CC(C)c1nnc(NC(=O)Cn2nncc2CO)s1. The van der Waals surface area contributed by atoms with E-state index in [1.54, 1.807) is 0 Å². The molecule has 2 aromatic rings. The molecule has 102 valence electrons. The molecule has 0 atom stereocenters. The molecule has 0 spiro atoms. The first-order valence-corrected chi connectivity index (χ1v) is 6.53. The summed E-state index contributed by atoms with van der Waals surface area (Å²) in [6.45, 7) is 3.78. The fraction of sp³-hybridized carbons (Fsp3) is 0.500. The third-order valence-electron chi connectivity index (χ3n) is 2.33. The second-order valence-corrected chi connectivity index (χ2v) is 5.20. The molecule has 0 aliphatic rings. The van der Waals surface area contributed by atoms with Gasteiger partial charge in [-0.25, -0.2) is 4.68 Å². The van der Waals surface area contributed by atoms with Crippen molar-refractivity contribution in [3.05, 3.63) is 16.9 Å². The van der Waals surface area contributed by atoms with E-state index < -0.39 is 0 Å². The molecule has 0 unspecified atom stereocenters. The van der Waals surface area contributed by atoms with E-state index in [2.05, 4.69) is 25.8 Å². The lowest BCUT2D eigenvalue weighted by atomic mass is 10.2. The van der Waals surface area contributed by atoms with Crippen LogP contribution in [0.2, 0.25) is 0 Å². The zero-order chi connectivity index (χ0) is 13.8. The smallest absolute Gasteiger partial charge is 0.248 e. The number of rotatable bonds is 5. The first-order valence-electron chi connectivity index (χ1n) is 5.71. The van der Waals surface area contributed by atoms with Gasteiger partial charge in [0.25, 0.3) is 0 Å². The lowest BCUT2D eigenvalue weighted by molar-refractivity contribution is -0.117. The maximum atomic E-state index is 11.8. The van der Waals surface area contributed by atoms with E-state index >= 15 is 0 Å². The summed E-state index contributed by atoms with van der Waals surface area (Å²) >= 11 is 1.34. The van der Waals surface area contributed by atoms with Gasteiger partial charge < -0.3 is 5.11 Å². The Morgan fingerprint density at radius 1 is 1.53 bits per heavy atom. The van der Waals surface area contributed by atoms with Gasteiger partial charge in [0.1, 0.15) is 11.6 Å². The van der Waals surface area contributed by atoms with Gasteiger partial charge in [-0.15, -0.1) is 15.3 Å². The Kier molecular flexibility index (Phi) is 4.17. The Morgan fingerprint density at radius 3 is 2.95 bits per heavy atom. The second-order valence-electron chi connectivity index (χ2n) is 4.19. The minimum Gasteiger partial charge on any atom is -0.390 e. The lowest BCUT2D eigenvalue weighted by Gasteiger charge is -2.03. The van der Waals surface area contributed by atoms with Crippen LogP contribution in [0.4, 0.5) is 5.13 Å². The number of anilines is 1. The molecule has 2 rings (SSSR count). The van der Waals surface area contributed by atoms with Gasteiger partial charge in [0.2, 0.25) is 11.0 Å². The summed E-state index contributed by atoms with van der Waals surface area (Å²) in [4.78, 5) is 11.8. The Labute approximate surface area is 113 Å². The first-order chi connectivity index (χ1) is 9.10. The predicted octanol–water partition coefficient (Wildman–Crippen LogP) is 0.384. The van der Waals surface area contributed by atoms with Gasteiger partial charge >= 0.3 is 0 Å². The van der Waals surface area contributed by atoms with Crippen molar-refractivity contribution in [2.75, 3.05) is 5.32 Å². The number of nitrogens with zero attached hydrogens (tertiary/aromatic N) is 5. The van der Waals surface area contributed by atoms with Gasteiger partial charge in [0, 0.05) is 5.92 Å². The van der Waals surface area contributed by atoms with Crippen molar-refractivity contribution in [2.45, 2.75) is 32.9 Å². The van der Waals surface area contributed by atoms with Crippen molar-refractivity contribution in [2.24, 2.45) is 0 Å². The minimum absolute atomic E-state index is 0.0213. The molecule has 2 N–H and O–H groups in total. The molecule has 2 aromatic heterocycles. The Hall–Kier alpha value is -1.87. The van der Waals surface area contributed by atoms with Gasteiger partial charge in [-0.1, -0.05) is 30.4 Å². The van der Waals surface area contributed by atoms with Crippen molar-refractivity contribution in [1.82, 2.24) is 25.2 Å². The highest BCUT2D eigenvalue weighted by Gasteiger charge is 2.12. The maximum Gasteiger partial charge on any atom is 0.248 e. The van der Waals surface area contributed by atoms with Crippen LogP contribution in [0.1, 0.15) is 30.5 Å². The van der Waals surface area contributed by atoms with Crippen molar-refractivity contribution in [1.29, 1.82) is 0 Å². The van der Waals surface area contributed by atoms with Gasteiger partial charge in [-0.2, -0.15) is 0 Å². The summed E-state index contributed by atoms with van der Waals surface area (Å²) in [5, 5.41) is 28.2. The third-order valence-corrected chi connectivity index (χ3v) is 3.47. The molecule has 0 radical (unpaired) electrons. The Balaban J connectivity index is 1.97. The molecular weight excluding hydrogens is 268 g/mol. The molecule has 9 heteroatoms.